The Bertz CT molecular complexity index is 192. The van der Waals surface area contributed by atoms with Crippen molar-refractivity contribution < 1.29 is 0 Å². The van der Waals surface area contributed by atoms with Crippen LogP contribution >= 0.6 is 0 Å². The van der Waals surface area contributed by atoms with E-state index in [2.05, 4.69) is 25.7 Å². The van der Waals surface area contributed by atoms with Gasteiger partial charge in [0.1, 0.15) is 0 Å². The summed E-state index contributed by atoms with van der Waals surface area (Å²) in [6.07, 6.45) is 15.7. The van der Waals surface area contributed by atoms with E-state index in [9.17, 15) is 0 Å². The number of unbranched alkanes of at least 4 members (excludes halogenated alkanes) is 6. The van der Waals surface area contributed by atoms with Gasteiger partial charge in [0.25, 0.3) is 0 Å². The lowest BCUT2D eigenvalue weighted by atomic mass is 9.92. The summed E-state index contributed by atoms with van der Waals surface area (Å²) in [6.45, 7) is 9.87. The molecule has 0 N–H and O–H groups in total. The van der Waals surface area contributed by atoms with Gasteiger partial charge in [0.05, 0.1) is 0 Å². The number of hydrogen-bond acceptors (Lipinski definition) is 1. The summed E-state index contributed by atoms with van der Waals surface area (Å²) in [7, 11) is 0. The SMILES string of the molecule is CCCCCCCCCC(C)(C)N1CCCCC1. The molecule has 1 saturated heterocycles. The van der Waals surface area contributed by atoms with Crippen LogP contribution in [0.3, 0.4) is 0 Å². The number of rotatable bonds is 9. The molecule has 1 heterocycles. The minimum absolute atomic E-state index is 0.448. The molecule has 18 heavy (non-hydrogen) atoms. The molecule has 0 unspecified atom stereocenters. The molecule has 0 aromatic heterocycles. The predicted molar refractivity (Wildman–Crippen MR) is 82.1 cm³/mol. The third-order valence-electron chi connectivity index (χ3n) is 4.60. The van der Waals surface area contributed by atoms with Gasteiger partial charge in [-0.2, -0.15) is 0 Å². The Balaban J connectivity index is 2.05. The van der Waals surface area contributed by atoms with Gasteiger partial charge >= 0.3 is 0 Å². The third kappa shape index (κ3) is 6.22. The number of hydrogen-bond donors (Lipinski definition) is 0. The van der Waals surface area contributed by atoms with Crippen molar-refractivity contribution in [1.29, 1.82) is 0 Å². The van der Waals surface area contributed by atoms with Crippen LogP contribution in [-0.2, 0) is 0 Å². The smallest absolute Gasteiger partial charge is 0.0153 e. The van der Waals surface area contributed by atoms with E-state index in [4.69, 9.17) is 0 Å². The first-order valence-corrected chi connectivity index (χ1v) is 8.42. The van der Waals surface area contributed by atoms with E-state index in [1.165, 1.54) is 83.7 Å². The summed E-state index contributed by atoms with van der Waals surface area (Å²) in [4.78, 5) is 2.73. The molecule has 0 spiro atoms. The van der Waals surface area contributed by atoms with Gasteiger partial charge in [-0.15, -0.1) is 0 Å². The van der Waals surface area contributed by atoms with E-state index < -0.39 is 0 Å². The molecule has 0 amide bonds. The van der Waals surface area contributed by atoms with Gasteiger partial charge < -0.3 is 0 Å². The summed E-state index contributed by atoms with van der Waals surface area (Å²) in [5.41, 5.74) is 0.448. The van der Waals surface area contributed by atoms with Gasteiger partial charge in [0.15, 0.2) is 0 Å². The van der Waals surface area contributed by atoms with Crippen molar-refractivity contribution in [2.45, 2.75) is 96.9 Å². The number of nitrogens with zero attached hydrogens (tertiary/aromatic N) is 1. The molecule has 1 nitrogen and oxygen atoms in total. The van der Waals surface area contributed by atoms with Crippen molar-refractivity contribution in [3.8, 4) is 0 Å². The summed E-state index contributed by atoms with van der Waals surface area (Å²) >= 11 is 0. The highest BCUT2D eigenvalue weighted by Gasteiger charge is 2.26. The lowest BCUT2D eigenvalue weighted by Crippen LogP contribution is -2.46. The Morgan fingerprint density at radius 1 is 0.778 bits per heavy atom. The summed E-state index contributed by atoms with van der Waals surface area (Å²) in [5, 5.41) is 0. The molecule has 0 bridgehead atoms. The van der Waals surface area contributed by atoms with Gasteiger partial charge in [-0.3, -0.25) is 4.90 Å². The molecule has 0 saturated carbocycles. The minimum Gasteiger partial charge on any atom is -0.298 e. The van der Waals surface area contributed by atoms with Crippen molar-refractivity contribution in [1.82, 2.24) is 4.90 Å². The molecular formula is C17H35N. The van der Waals surface area contributed by atoms with Crippen molar-refractivity contribution in [2.75, 3.05) is 13.1 Å². The van der Waals surface area contributed by atoms with Gasteiger partial charge in [0, 0.05) is 5.54 Å². The van der Waals surface area contributed by atoms with Crippen LogP contribution in [0.5, 0.6) is 0 Å². The normalized spacial score (nSPS) is 18.2. The lowest BCUT2D eigenvalue weighted by molar-refractivity contribution is 0.0856. The van der Waals surface area contributed by atoms with E-state index in [-0.39, 0.29) is 0 Å². The highest BCUT2D eigenvalue weighted by Crippen LogP contribution is 2.26. The average molecular weight is 253 g/mol. The van der Waals surface area contributed by atoms with Gasteiger partial charge in [-0.1, -0.05) is 58.3 Å². The van der Waals surface area contributed by atoms with Crippen molar-refractivity contribution >= 4 is 0 Å². The lowest BCUT2D eigenvalue weighted by Gasteiger charge is -2.41. The first-order chi connectivity index (χ1) is 8.67. The van der Waals surface area contributed by atoms with Gasteiger partial charge in [-0.05, 0) is 46.2 Å². The second kappa shape index (κ2) is 8.96. The Morgan fingerprint density at radius 2 is 1.33 bits per heavy atom. The fourth-order valence-electron chi connectivity index (χ4n) is 3.17. The van der Waals surface area contributed by atoms with Gasteiger partial charge in [-0.25, -0.2) is 0 Å². The molecule has 0 atom stereocenters. The van der Waals surface area contributed by atoms with Crippen LogP contribution in [0, 0.1) is 0 Å². The average Bonchev–Trinajstić information content (AvgIpc) is 2.39. The van der Waals surface area contributed by atoms with Crippen LogP contribution in [0.2, 0.25) is 0 Å². The Morgan fingerprint density at radius 3 is 1.94 bits per heavy atom. The van der Waals surface area contributed by atoms with E-state index in [0.717, 1.165) is 0 Å². The molecule has 1 heteroatoms. The van der Waals surface area contributed by atoms with E-state index in [1.807, 2.05) is 0 Å². The fraction of sp³-hybridized carbons (Fsp3) is 1.00. The van der Waals surface area contributed by atoms with Crippen molar-refractivity contribution in [3.63, 3.8) is 0 Å². The van der Waals surface area contributed by atoms with Crippen molar-refractivity contribution in [2.24, 2.45) is 0 Å². The standard InChI is InChI=1S/C17H35N/c1-4-5-6-7-8-9-11-14-17(2,3)18-15-12-10-13-16-18/h4-16H2,1-3H3. The number of piperidine rings is 1. The first-order valence-electron chi connectivity index (χ1n) is 8.42. The predicted octanol–water partition coefficient (Wildman–Crippen LogP) is 5.39. The van der Waals surface area contributed by atoms with Crippen LogP contribution in [0.4, 0.5) is 0 Å². The van der Waals surface area contributed by atoms with E-state index in [0.29, 0.717) is 5.54 Å². The Hall–Kier alpha value is -0.0400. The molecule has 1 rings (SSSR count). The monoisotopic (exact) mass is 253 g/mol. The van der Waals surface area contributed by atoms with Crippen LogP contribution in [0.25, 0.3) is 0 Å². The largest absolute Gasteiger partial charge is 0.298 e. The molecule has 0 aromatic rings. The molecule has 1 fully saturated rings. The zero-order valence-electron chi connectivity index (χ0n) is 13.1. The van der Waals surface area contributed by atoms with Crippen LogP contribution in [0.15, 0.2) is 0 Å². The Kier molecular flexibility index (Phi) is 7.97. The third-order valence-corrected chi connectivity index (χ3v) is 4.60. The first kappa shape index (κ1) is 16.0. The van der Waals surface area contributed by atoms with Gasteiger partial charge in [0.2, 0.25) is 0 Å². The zero-order valence-corrected chi connectivity index (χ0v) is 13.1. The van der Waals surface area contributed by atoms with Crippen LogP contribution in [-0.4, -0.2) is 23.5 Å². The maximum Gasteiger partial charge on any atom is 0.0153 e. The number of likely N-dealkylation sites (tertiary alicyclic amines) is 1. The molecule has 1 aliphatic rings. The molecule has 1 aliphatic heterocycles. The highest BCUT2D eigenvalue weighted by molar-refractivity contribution is 4.83. The summed E-state index contributed by atoms with van der Waals surface area (Å²) < 4.78 is 0. The van der Waals surface area contributed by atoms with E-state index in [1.54, 1.807) is 0 Å². The molecule has 108 valence electrons. The molecular weight excluding hydrogens is 218 g/mol. The zero-order chi connectivity index (χ0) is 13.3. The molecule has 0 aliphatic carbocycles. The second-order valence-electron chi connectivity index (χ2n) is 6.73. The topological polar surface area (TPSA) is 3.24 Å². The fourth-order valence-corrected chi connectivity index (χ4v) is 3.17. The second-order valence-corrected chi connectivity index (χ2v) is 6.73. The van der Waals surface area contributed by atoms with E-state index >= 15 is 0 Å². The maximum absolute atomic E-state index is 2.73. The summed E-state index contributed by atoms with van der Waals surface area (Å²) in [6, 6.07) is 0. The summed E-state index contributed by atoms with van der Waals surface area (Å²) in [5.74, 6) is 0. The van der Waals surface area contributed by atoms with Crippen LogP contribution in [0.1, 0.15) is 91.4 Å². The highest BCUT2D eigenvalue weighted by atomic mass is 15.2. The molecule has 0 aromatic carbocycles. The Labute approximate surface area is 115 Å². The quantitative estimate of drug-likeness (QED) is 0.498. The maximum atomic E-state index is 2.73. The minimum atomic E-state index is 0.448. The molecule has 0 radical (unpaired) electrons. The van der Waals surface area contributed by atoms with Crippen molar-refractivity contribution in [3.05, 3.63) is 0 Å². The van der Waals surface area contributed by atoms with Crippen LogP contribution < -0.4 is 0 Å².